The number of hydrogen-bond acceptors (Lipinski definition) is 5. The minimum absolute atomic E-state index is 0.0474. The molecule has 1 aliphatic heterocycles. The average Bonchev–Trinajstić information content (AvgIpc) is 3.14. The first-order valence-corrected chi connectivity index (χ1v) is 10.2. The van der Waals surface area contributed by atoms with Crippen LogP contribution in [0, 0.1) is 11.8 Å². The molecule has 2 bridgehead atoms. The van der Waals surface area contributed by atoms with Gasteiger partial charge in [0.25, 0.3) is 0 Å². The molecular formula is C19H28BrN3O2. The minimum atomic E-state index is -0.588. The Labute approximate surface area is 158 Å². The van der Waals surface area contributed by atoms with E-state index in [1.54, 1.807) is 6.20 Å². The summed E-state index contributed by atoms with van der Waals surface area (Å²) in [6.45, 7) is 5.08. The summed E-state index contributed by atoms with van der Waals surface area (Å²) in [5.41, 5.74) is -0.588. The van der Waals surface area contributed by atoms with Crippen LogP contribution in [-0.4, -0.2) is 29.3 Å². The van der Waals surface area contributed by atoms with E-state index in [4.69, 9.17) is 4.74 Å². The Morgan fingerprint density at radius 1 is 1.52 bits per heavy atom. The molecule has 2 N–H and O–H groups in total. The smallest absolute Gasteiger partial charge is 0.310 e. The van der Waals surface area contributed by atoms with E-state index in [9.17, 15) is 4.79 Å². The van der Waals surface area contributed by atoms with E-state index < -0.39 is 5.72 Å². The van der Waals surface area contributed by atoms with Crippen molar-refractivity contribution in [1.29, 1.82) is 0 Å². The molecule has 25 heavy (non-hydrogen) atoms. The predicted octanol–water partition coefficient (Wildman–Crippen LogP) is 4.09. The van der Waals surface area contributed by atoms with Gasteiger partial charge >= 0.3 is 5.97 Å². The van der Waals surface area contributed by atoms with Crippen molar-refractivity contribution in [2.45, 2.75) is 64.1 Å². The quantitative estimate of drug-likeness (QED) is 0.499. The summed E-state index contributed by atoms with van der Waals surface area (Å²) in [6.07, 6.45) is 7.98. The van der Waals surface area contributed by atoms with E-state index in [1.807, 2.05) is 19.1 Å². The van der Waals surface area contributed by atoms with Crippen LogP contribution in [0.1, 0.15) is 52.4 Å². The summed E-state index contributed by atoms with van der Waals surface area (Å²) in [6, 6.07) is 3.97. The third-order valence-corrected chi connectivity index (χ3v) is 5.86. The van der Waals surface area contributed by atoms with Crippen molar-refractivity contribution >= 4 is 27.7 Å². The second-order valence-electron chi connectivity index (χ2n) is 7.45. The molecule has 0 aromatic carbocycles. The maximum absolute atomic E-state index is 12.6. The van der Waals surface area contributed by atoms with Crippen LogP contribution in [-0.2, 0) is 9.53 Å². The minimum Gasteiger partial charge on any atom is -0.441 e. The number of nitrogens with one attached hydrogen (secondary N) is 2. The molecule has 1 aromatic heterocycles. The second-order valence-corrected chi connectivity index (χ2v) is 8.37. The number of nitrogens with zero attached hydrogens (tertiary/aromatic N) is 1. The highest BCUT2D eigenvalue weighted by atomic mass is 79.9. The lowest BCUT2D eigenvalue weighted by Crippen LogP contribution is -2.57. The molecule has 6 heteroatoms. The molecule has 0 amide bonds. The van der Waals surface area contributed by atoms with E-state index in [2.05, 4.69) is 38.5 Å². The number of anilines is 1. The predicted molar refractivity (Wildman–Crippen MR) is 102 cm³/mol. The van der Waals surface area contributed by atoms with Gasteiger partial charge in [-0.1, -0.05) is 33.1 Å². The number of ether oxygens (including phenoxy) is 1. The fourth-order valence-electron chi connectivity index (χ4n) is 3.91. The van der Waals surface area contributed by atoms with Crippen molar-refractivity contribution < 1.29 is 9.53 Å². The van der Waals surface area contributed by atoms with Crippen LogP contribution in [0.25, 0.3) is 0 Å². The summed E-state index contributed by atoms with van der Waals surface area (Å²) < 4.78 is 6.99. The van der Waals surface area contributed by atoms with Gasteiger partial charge in [-0.15, -0.1) is 0 Å². The van der Waals surface area contributed by atoms with Gasteiger partial charge in [-0.3, -0.25) is 10.1 Å². The van der Waals surface area contributed by atoms with Gasteiger partial charge in [-0.2, -0.15) is 0 Å². The number of halogens is 1. The molecule has 5 nitrogen and oxygen atoms in total. The zero-order valence-corrected chi connectivity index (χ0v) is 16.6. The normalized spacial score (nSPS) is 28.8. The molecule has 2 fully saturated rings. The van der Waals surface area contributed by atoms with Crippen molar-refractivity contribution in [1.82, 2.24) is 10.3 Å². The van der Waals surface area contributed by atoms with Crippen molar-refractivity contribution in [3.8, 4) is 0 Å². The van der Waals surface area contributed by atoms with Crippen molar-refractivity contribution in [3.63, 3.8) is 0 Å². The van der Waals surface area contributed by atoms with Gasteiger partial charge in [-0.05, 0) is 46.8 Å². The molecule has 4 atom stereocenters. The number of pyridine rings is 1. The molecular weight excluding hydrogens is 382 g/mol. The monoisotopic (exact) mass is 409 g/mol. The van der Waals surface area contributed by atoms with Crippen LogP contribution < -0.4 is 10.6 Å². The Morgan fingerprint density at radius 2 is 2.36 bits per heavy atom. The van der Waals surface area contributed by atoms with Gasteiger partial charge < -0.3 is 10.1 Å². The average molecular weight is 410 g/mol. The lowest BCUT2D eigenvalue weighted by molar-refractivity contribution is -0.167. The van der Waals surface area contributed by atoms with Gasteiger partial charge in [0.1, 0.15) is 5.82 Å². The van der Waals surface area contributed by atoms with Crippen molar-refractivity contribution in [2.24, 2.45) is 11.8 Å². The fraction of sp³-hybridized carbons (Fsp3) is 0.684. The molecule has 0 spiro atoms. The van der Waals surface area contributed by atoms with E-state index in [-0.39, 0.29) is 17.9 Å². The van der Waals surface area contributed by atoms with Gasteiger partial charge in [0.05, 0.1) is 12.0 Å². The van der Waals surface area contributed by atoms with Gasteiger partial charge in [0.15, 0.2) is 5.72 Å². The molecule has 1 saturated heterocycles. The topological polar surface area (TPSA) is 63.2 Å². The Kier molecular flexibility index (Phi) is 6.00. The van der Waals surface area contributed by atoms with Gasteiger partial charge in [-0.25, -0.2) is 4.98 Å². The molecule has 2 aliphatic rings. The molecule has 2 heterocycles. The number of unbranched alkanes of at least 4 members (excludes halogenated alkanes) is 2. The summed E-state index contributed by atoms with van der Waals surface area (Å²) in [4.78, 5) is 17.0. The Bertz CT molecular complexity index is 595. The van der Waals surface area contributed by atoms with Crippen LogP contribution in [0.5, 0.6) is 0 Å². The van der Waals surface area contributed by atoms with Crippen molar-refractivity contribution in [2.75, 3.05) is 11.9 Å². The summed E-state index contributed by atoms with van der Waals surface area (Å²) in [5, 5.41) is 6.93. The first-order chi connectivity index (χ1) is 12.0. The second kappa shape index (κ2) is 8.04. The summed E-state index contributed by atoms with van der Waals surface area (Å²) in [7, 11) is 0. The number of carbonyl (C=O) groups excluding carboxylic acids is 1. The van der Waals surface area contributed by atoms with Gasteiger partial charge in [0.2, 0.25) is 0 Å². The first-order valence-electron chi connectivity index (χ1n) is 9.38. The van der Waals surface area contributed by atoms with Crippen LogP contribution in [0.15, 0.2) is 22.8 Å². The van der Waals surface area contributed by atoms with Gasteiger partial charge in [0, 0.05) is 23.6 Å². The van der Waals surface area contributed by atoms with Crippen LogP contribution in [0.2, 0.25) is 0 Å². The number of fused-ring (bicyclic) bond motifs is 2. The molecule has 3 rings (SSSR count). The number of carbonyl (C=O) groups is 1. The number of rotatable bonds is 8. The highest BCUT2D eigenvalue weighted by molar-refractivity contribution is 9.10. The highest BCUT2D eigenvalue weighted by Gasteiger charge is 2.55. The number of hydrogen-bond donors (Lipinski definition) is 2. The van der Waals surface area contributed by atoms with E-state index >= 15 is 0 Å². The van der Waals surface area contributed by atoms with E-state index in [0.717, 1.165) is 42.5 Å². The largest absolute Gasteiger partial charge is 0.441 e. The number of aromatic nitrogens is 1. The lowest BCUT2D eigenvalue weighted by Gasteiger charge is -2.36. The Morgan fingerprint density at radius 3 is 3.04 bits per heavy atom. The van der Waals surface area contributed by atoms with E-state index in [0.29, 0.717) is 5.92 Å². The molecule has 138 valence electrons. The molecule has 0 radical (unpaired) electrons. The zero-order chi connectivity index (χ0) is 17.9. The first kappa shape index (κ1) is 18.6. The third-order valence-electron chi connectivity index (χ3n) is 5.39. The lowest BCUT2D eigenvalue weighted by atomic mass is 10.0. The molecule has 1 aromatic rings. The summed E-state index contributed by atoms with van der Waals surface area (Å²) >= 11 is 3.40. The van der Waals surface area contributed by atoms with Crippen molar-refractivity contribution in [3.05, 3.63) is 22.8 Å². The SMILES string of the molecule is CCCCCC(C)C(=O)O[C@]12C[C@@H](CN1)C[C@H]2Nc1ccc(Br)cn1. The highest BCUT2D eigenvalue weighted by Crippen LogP contribution is 2.42. The van der Waals surface area contributed by atoms with Crippen LogP contribution in [0.3, 0.4) is 0 Å². The third kappa shape index (κ3) is 4.34. The Balaban J connectivity index is 1.63. The summed E-state index contributed by atoms with van der Waals surface area (Å²) in [5.74, 6) is 1.24. The fourth-order valence-corrected chi connectivity index (χ4v) is 4.14. The number of esters is 1. The molecule has 1 aliphatic carbocycles. The molecule has 1 unspecified atom stereocenters. The standard InChI is InChI=1S/C19H28BrN3O2/c1-3-4-5-6-13(2)18(24)25-19-10-14(11-22-19)9-16(19)23-17-8-7-15(20)12-21-17/h7-8,12-14,16,22H,3-6,9-11H2,1-2H3,(H,21,23)/t13?,14-,16+,19-/m0/s1. The zero-order valence-electron chi connectivity index (χ0n) is 15.1. The maximum Gasteiger partial charge on any atom is 0.310 e. The number of piperidine rings is 1. The van der Waals surface area contributed by atoms with E-state index in [1.165, 1.54) is 12.8 Å². The van der Waals surface area contributed by atoms with Crippen LogP contribution >= 0.6 is 15.9 Å². The van der Waals surface area contributed by atoms with Crippen LogP contribution in [0.4, 0.5) is 5.82 Å². The maximum atomic E-state index is 12.6. The molecule has 1 saturated carbocycles. The Hall–Kier alpha value is -1.14.